The van der Waals surface area contributed by atoms with E-state index in [9.17, 15) is 14.7 Å². The molecule has 0 aliphatic carbocycles. The van der Waals surface area contributed by atoms with Crippen LogP contribution in [0, 0.1) is 5.92 Å². The Bertz CT molecular complexity index is 633. The number of benzene rings is 1. The van der Waals surface area contributed by atoms with Crippen LogP contribution in [0.3, 0.4) is 0 Å². The predicted molar refractivity (Wildman–Crippen MR) is 102 cm³/mol. The normalized spacial score (nSPS) is 23.1. The molecule has 1 aromatic rings. The van der Waals surface area contributed by atoms with Gasteiger partial charge >= 0.3 is 5.97 Å². The van der Waals surface area contributed by atoms with E-state index in [4.69, 9.17) is 4.74 Å². The second-order valence-electron chi connectivity index (χ2n) is 7.34. The van der Waals surface area contributed by atoms with Crippen molar-refractivity contribution in [3.63, 3.8) is 0 Å². The van der Waals surface area contributed by atoms with Crippen LogP contribution in [0.5, 0.6) is 5.75 Å². The first-order chi connectivity index (χ1) is 13.1. The predicted octanol–water partition coefficient (Wildman–Crippen LogP) is -0.101. The van der Waals surface area contributed by atoms with Crippen molar-refractivity contribution in [2.45, 2.75) is 19.8 Å². The Kier molecular flexibility index (Phi) is 6.55. The molecule has 0 atom stereocenters. The molecule has 0 unspecified atom stereocenters. The van der Waals surface area contributed by atoms with Gasteiger partial charge in [-0.25, -0.2) is 0 Å². The maximum atomic E-state index is 12.6. The number of ether oxygens (including phenoxy) is 1. The van der Waals surface area contributed by atoms with Crippen LogP contribution >= 0.6 is 0 Å². The molecule has 0 bridgehead atoms. The summed E-state index contributed by atoms with van der Waals surface area (Å²) in [5.41, 5.74) is 1.08. The number of quaternary nitrogens is 1. The molecule has 2 heterocycles. The fraction of sp³-hybridized carbons (Fsp3) is 0.600. The summed E-state index contributed by atoms with van der Waals surface area (Å²) in [5.74, 6) is 0.373. The molecule has 2 N–H and O–H groups in total. The first kappa shape index (κ1) is 19.5. The average molecular weight is 376 g/mol. The molecule has 0 radical (unpaired) electrons. The Morgan fingerprint density at radius 3 is 2.33 bits per heavy atom. The highest BCUT2D eigenvalue weighted by molar-refractivity contribution is 5.77. The van der Waals surface area contributed by atoms with Crippen molar-refractivity contribution in [3.8, 4) is 5.75 Å². The molecule has 3 rings (SSSR count). The molecule has 0 spiro atoms. The van der Waals surface area contributed by atoms with E-state index >= 15 is 0 Å². The monoisotopic (exact) mass is 376 g/mol. The van der Waals surface area contributed by atoms with E-state index in [-0.39, 0.29) is 23.5 Å². The molecule has 2 saturated heterocycles. The fourth-order valence-corrected chi connectivity index (χ4v) is 3.90. The number of likely N-dealkylation sites (tertiary alicyclic amines) is 1. The van der Waals surface area contributed by atoms with E-state index in [0.29, 0.717) is 13.2 Å². The summed E-state index contributed by atoms with van der Waals surface area (Å²) in [5, 5.41) is 9.40. The largest absolute Gasteiger partial charge is 0.508 e. The summed E-state index contributed by atoms with van der Waals surface area (Å²) in [6.07, 6.45) is 1.60. The first-order valence-corrected chi connectivity index (χ1v) is 9.88. The van der Waals surface area contributed by atoms with Gasteiger partial charge in [-0.05, 0) is 31.2 Å². The van der Waals surface area contributed by atoms with Crippen molar-refractivity contribution >= 4 is 17.6 Å². The first-order valence-electron chi connectivity index (χ1n) is 9.88. The molecular formula is C20H30N3O4+. The highest BCUT2D eigenvalue weighted by Crippen LogP contribution is 2.19. The third-order valence-corrected chi connectivity index (χ3v) is 5.56. The summed E-state index contributed by atoms with van der Waals surface area (Å²) in [4.78, 5) is 29.9. The number of rotatable bonds is 5. The number of anilines is 1. The number of piperazine rings is 1. The van der Waals surface area contributed by atoms with Crippen molar-refractivity contribution in [1.82, 2.24) is 4.90 Å². The Labute approximate surface area is 160 Å². The van der Waals surface area contributed by atoms with E-state index in [1.165, 1.54) is 4.90 Å². The second-order valence-corrected chi connectivity index (χ2v) is 7.34. The fourth-order valence-electron chi connectivity index (χ4n) is 3.90. The standard InChI is InChI=1S/C20H29N3O4/c1-2-27-20(26)16-7-9-21(10-8-16)15-19(25)23-13-11-22(12-14-23)17-3-5-18(24)6-4-17/h3-6,16,24H,2,7-15H2,1H3/p+1. The van der Waals surface area contributed by atoms with E-state index in [2.05, 4.69) is 4.90 Å². The average Bonchev–Trinajstić information content (AvgIpc) is 2.69. The number of phenols is 1. The molecule has 27 heavy (non-hydrogen) atoms. The second kappa shape index (κ2) is 9.08. The summed E-state index contributed by atoms with van der Waals surface area (Å²) in [6, 6.07) is 7.20. The van der Waals surface area contributed by atoms with Gasteiger partial charge in [0, 0.05) is 44.7 Å². The van der Waals surface area contributed by atoms with Crippen LogP contribution in [0.2, 0.25) is 0 Å². The number of carbonyl (C=O) groups is 2. The van der Waals surface area contributed by atoms with Crippen molar-refractivity contribution in [2.75, 3.05) is 57.3 Å². The Balaban J connectivity index is 1.41. The number of esters is 1. The molecule has 2 aliphatic heterocycles. The van der Waals surface area contributed by atoms with Gasteiger partial charge in [-0.2, -0.15) is 0 Å². The van der Waals surface area contributed by atoms with Gasteiger partial charge in [0.2, 0.25) is 0 Å². The van der Waals surface area contributed by atoms with E-state index in [1.54, 1.807) is 12.1 Å². The number of aromatic hydroxyl groups is 1. The third kappa shape index (κ3) is 5.13. The van der Waals surface area contributed by atoms with Gasteiger partial charge < -0.3 is 24.5 Å². The minimum absolute atomic E-state index is 0.00217. The van der Waals surface area contributed by atoms with Gasteiger partial charge in [0.1, 0.15) is 5.75 Å². The quantitative estimate of drug-likeness (QED) is 0.702. The number of nitrogens with one attached hydrogen (secondary N) is 1. The van der Waals surface area contributed by atoms with Gasteiger partial charge in [-0.1, -0.05) is 0 Å². The molecule has 7 heteroatoms. The maximum Gasteiger partial charge on any atom is 0.309 e. The van der Waals surface area contributed by atoms with Crippen molar-refractivity contribution in [3.05, 3.63) is 24.3 Å². The Morgan fingerprint density at radius 2 is 1.74 bits per heavy atom. The highest BCUT2D eigenvalue weighted by Gasteiger charge is 2.31. The van der Waals surface area contributed by atoms with Crippen LogP contribution in [-0.2, 0) is 14.3 Å². The topological polar surface area (TPSA) is 74.5 Å². The summed E-state index contributed by atoms with van der Waals surface area (Å²) < 4.78 is 5.10. The summed E-state index contributed by atoms with van der Waals surface area (Å²) in [7, 11) is 0. The SMILES string of the molecule is CCOC(=O)C1CC[NH+](CC(=O)N2CCN(c3ccc(O)cc3)CC2)CC1. The number of piperidine rings is 1. The van der Waals surface area contributed by atoms with Gasteiger partial charge in [-0.3, -0.25) is 9.59 Å². The lowest BCUT2D eigenvalue weighted by Crippen LogP contribution is -3.14. The van der Waals surface area contributed by atoms with E-state index < -0.39 is 0 Å². The zero-order valence-electron chi connectivity index (χ0n) is 16.0. The minimum atomic E-state index is -0.0896. The number of amides is 1. The van der Waals surface area contributed by atoms with Crippen LogP contribution < -0.4 is 9.80 Å². The molecule has 1 aromatic carbocycles. The molecule has 7 nitrogen and oxygen atoms in total. The number of hydrogen-bond donors (Lipinski definition) is 2. The number of phenolic OH excluding ortho intramolecular Hbond substituents is 1. The lowest BCUT2D eigenvalue weighted by Gasteiger charge is -2.37. The minimum Gasteiger partial charge on any atom is -0.508 e. The zero-order valence-corrected chi connectivity index (χ0v) is 16.0. The lowest BCUT2D eigenvalue weighted by molar-refractivity contribution is -0.898. The molecule has 1 amide bonds. The van der Waals surface area contributed by atoms with Crippen LogP contribution in [0.4, 0.5) is 5.69 Å². The van der Waals surface area contributed by atoms with Gasteiger partial charge in [0.25, 0.3) is 5.91 Å². The molecule has 0 saturated carbocycles. The van der Waals surface area contributed by atoms with Crippen LogP contribution in [-0.4, -0.2) is 74.3 Å². The Hall–Kier alpha value is -2.28. The van der Waals surface area contributed by atoms with Crippen molar-refractivity contribution in [1.29, 1.82) is 0 Å². The number of nitrogens with zero attached hydrogens (tertiary/aromatic N) is 2. The molecule has 2 aliphatic rings. The van der Waals surface area contributed by atoms with Crippen LogP contribution in [0.1, 0.15) is 19.8 Å². The van der Waals surface area contributed by atoms with Crippen molar-refractivity contribution < 1.29 is 24.3 Å². The van der Waals surface area contributed by atoms with Gasteiger partial charge in [0.05, 0.1) is 25.6 Å². The molecule has 0 aromatic heterocycles. The summed E-state index contributed by atoms with van der Waals surface area (Å²) >= 11 is 0. The van der Waals surface area contributed by atoms with E-state index in [0.717, 1.165) is 57.8 Å². The molecule has 2 fully saturated rings. The third-order valence-electron chi connectivity index (χ3n) is 5.56. The van der Waals surface area contributed by atoms with Crippen LogP contribution in [0.25, 0.3) is 0 Å². The zero-order chi connectivity index (χ0) is 19.2. The molecule has 148 valence electrons. The van der Waals surface area contributed by atoms with Crippen molar-refractivity contribution in [2.24, 2.45) is 5.92 Å². The number of hydrogen-bond acceptors (Lipinski definition) is 5. The smallest absolute Gasteiger partial charge is 0.309 e. The summed E-state index contributed by atoms with van der Waals surface area (Å²) in [6.45, 7) is 7.52. The van der Waals surface area contributed by atoms with Gasteiger partial charge in [-0.15, -0.1) is 0 Å². The van der Waals surface area contributed by atoms with Gasteiger partial charge in [0.15, 0.2) is 6.54 Å². The van der Waals surface area contributed by atoms with Crippen LogP contribution in [0.15, 0.2) is 24.3 Å². The van der Waals surface area contributed by atoms with E-state index in [1.807, 2.05) is 24.0 Å². The number of carbonyl (C=O) groups excluding carboxylic acids is 2. The molecular weight excluding hydrogens is 346 g/mol. The highest BCUT2D eigenvalue weighted by atomic mass is 16.5. The maximum absolute atomic E-state index is 12.6. The Morgan fingerprint density at radius 1 is 1.11 bits per heavy atom. The lowest BCUT2D eigenvalue weighted by atomic mass is 9.97.